The number of phenolic OH excluding ortho intramolecular Hbond substituents is 1. The number of carbonyl (C=O) groups is 1. The number of aryl methyl sites for hydroxylation is 1. The number of rotatable bonds is 4. The summed E-state index contributed by atoms with van der Waals surface area (Å²) in [5, 5.41) is 12.8. The molecule has 0 radical (unpaired) electrons. The molecule has 6 heteroatoms. The van der Waals surface area contributed by atoms with Crippen LogP contribution in [-0.2, 0) is 6.54 Å². The molecule has 0 aliphatic rings. The van der Waals surface area contributed by atoms with Crippen molar-refractivity contribution in [3.05, 3.63) is 47.2 Å². The smallest absolute Gasteiger partial charge is 0.248 e. The van der Waals surface area contributed by atoms with Crippen molar-refractivity contribution in [1.82, 2.24) is 4.98 Å². The van der Waals surface area contributed by atoms with Gasteiger partial charge in [-0.25, -0.2) is 4.98 Å². The van der Waals surface area contributed by atoms with Crippen LogP contribution in [0.15, 0.2) is 30.3 Å². The van der Waals surface area contributed by atoms with Crippen LogP contribution in [0.2, 0.25) is 0 Å². The molecule has 0 aliphatic carbocycles. The Balaban J connectivity index is 2.18. The van der Waals surface area contributed by atoms with Crippen LogP contribution in [0.4, 0.5) is 11.5 Å². The highest BCUT2D eigenvalue weighted by atomic mass is 16.3. The van der Waals surface area contributed by atoms with Gasteiger partial charge in [0.1, 0.15) is 11.6 Å². The highest BCUT2D eigenvalue weighted by Crippen LogP contribution is 2.21. The SMILES string of the molecule is Cc1cc(C(N)=O)cc(NCc2cc(N)ccc2O)n1. The van der Waals surface area contributed by atoms with E-state index < -0.39 is 5.91 Å². The Morgan fingerprint density at radius 2 is 2.10 bits per heavy atom. The molecule has 2 aromatic rings. The van der Waals surface area contributed by atoms with Crippen molar-refractivity contribution < 1.29 is 9.90 Å². The first-order chi connectivity index (χ1) is 9.45. The fourth-order valence-corrected chi connectivity index (χ4v) is 1.83. The minimum atomic E-state index is -0.509. The third kappa shape index (κ3) is 3.17. The number of primary amides is 1. The Morgan fingerprint density at radius 3 is 2.80 bits per heavy atom. The van der Waals surface area contributed by atoms with Gasteiger partial charge in [-0.3, -0.25) is 4.79 Å². The van der Waals surface area contributed by atoms with Gasteiger partial charge in [-0.2, -0.15) is 0 Å². The average Bonchev–Trinajstić information content (AvgIpc) is 2.39. The van der Waals surface area contributed by atoms with Crippen LogP contribution in [0.25, 0.3) is 0 Å². The largest absolute Gasteiger partial charge is 0.508 e. The number of benzene rings is 1. The lowest BCUT2D eigenvalue weighted by Gasteiger charge is -2.10. The molecule has 1 heterocycles. The molecule has 0 unspecified atom stereocenters. The molecular formula is C14H16N4O2. The van der Waals surface area contributed by atoms with Crippen molar-refractivity contribution in [2.75, 3.05) is 11.1 Å². The van der Waals surface area contributed by atoms with Gasteiger partial charge < -0.3 is 21.9 Å². The Kier molecular flexibility index (Phi) is 3.74. The van der Waals surface area contributed by atoms with E-state index in [4.69, 9.17) is 11.5 Å². The number of anilines is 2. The Hall–Kier alpha value is -2.76. The lowest BCUT2D eigenvalue weighted by molar-refractivity contribution is 0.1000. The fraction of sp³-hybridized carbons (Fsp3) is 0.143. The summed E-state index contributed by atoms with van der Waals surface area (Å²) in [5.74, 6) is 0.153. The van der Waals surface area contributed by atoms with E-state index in [1.165, 1.54) is 6.07 Å². The molecule has 1 aromatic heterocycles. The number of phenols is 1. The molecule has 0 fully saturated rings. The molecule has 0 atom stereocenters. The highest BCUT2D eigenvalue weighted by molar-refractivity contribution is 5.93. The standard InChI is InChI=1S/C14H16N4O2/c1-8-4-9(14(16)20)6-13(18-8)17-7-10-5-11(15)2-3-12(10)19/h2-6,19H,7,15H2,1H3,(H2,16,20)(H,17,18). The topological polar surface area (TPSA) is 114 Å². The molecule has 104 valence electrons. The van der Waals surface area contributed by atoms with Gasteiger partial charge in [0.15, 0.2) is 0 Å². The third-order valence-electron chi connectivity index (χ3n) is 2.80. The van der Waals surface area contributed by atoms with Crippen LogP contribution >= 0.6 is 0 Å². The summed E-state index contributed by atoms with van der Waals surface area (Å²) in [6, 6.07) is 8.01. The van der Waals surface area contributed by atoms with Crippen molar-refractivity contribution >= 4 is 17.4 Å². The monoisotopic (exact) mass is 272 g/mol. The number of hydrogen-bond donors (Lipinski definition) is 4. The molecule has 0 bridgehead atoms. The van der Waals surface area contributed by atoms with Gasteiger partial charge in [-0.05, 0) is 37.3 Å². The van der Waals surface area contributed by atoms with E-state index in [1.807, 2.05) is 0 Å². The minimum Gasteiger partial charge on any atom is -0.508 e. The first kappa shape index (κ1) is 13.7. The van der Waals surface area contributed by atoms with Crippen molar-refractivity contribution in [2.24, 2.45) is 5.73 Å². The molecule has 2 rings (SSSR count). The van der Waals surface area contributed by atoms with Crippen molar-refractivity contribution in [2.45, 2.75) is 13.5 Å². The zero-order valence-corrected chi connectivity index (χ0v) is 11.1. The first-order valence-electron chi connectivity index (χ1n) is 6.05. The number of nitrogen functional groups attached to an aromatic ring is 1. The molecular weight excluding hydrogens is 256 g/mol. The van der Waals surface area contributed by atoms with Crippen LogP contribution in [0.1, 0.15) is 21.6 Å². The Bertz CT molecular complexity index is 656. The second kappa shape index (κ2) is 5.48. The van der Waals surface area contributed by atoms with Crippen LogP contribution in [0.3, 0.4) is 0 Å². The zero-order chi connectivity index (χ0) is 14.7. The summed E-state index contributed by atoms with van der Waals surface area (Å²) in [6.07, 6.45) is 0. The number of nitrogens with one attached hydrogen (secondary N) is 1. The van der Waals surface area contributed by atoms with Gasteiger partial charge in [0.2, 0.25) is 5.91 Å². The van der Waals surface area contributed by atoms with Crippen molar-refractivity contribution in [1.29, 1.82) is 0 Å². The van der Waals surface area contributed by atoms with Gasteiger partial charge in [0.25, 0.3) is 0 Å². The Labute approximate surface area is 116 Å². The second-order valence-corrected chi connectivity index (χ2v) is 4.49. The Morgan fingerprint density at radius 1 is 1.35 bits per heavy atom. The summed E-state index contributed by atoms with van der Waals surface area (Å²) in [4.78, 5) is 15.4. The molecule has 1 aromatic carbocycles. The van der Waals surface area contributed by atoms with E-state index in [0.717, 1.165) is 0 Å². The van der Waals surface area contributed by atoms with Crippen LogP contribution in [0, 0.1) is 6.92 Å². The molecule has 0 saturated carbocycles. The van der Waals surface area contributed by atoms with E-state index in [-0.39, 0.29) is 5.75 Å². The number of carbonyl (C=O) groups excluding carboxylic acids is 1. The van der Waals surface area contributed by atoms with E-state index in [2.05, 4.69) is 10.3 Å². The molecule has 1 amide bonds. The molecule has 6 nitrogen and oxygen atoms in total. The van der Waals surface area contributed by atoms with Crippen molar-refractivity contribution in [3.8, 4) is 5.75 Å². The number of aromatic nitrogens is 1. The lowest BCUT2D eigenvalue weighted by atomic mass is 10.1. The van der Waals surface area contributed by atoms with Gasteiger partial charge >= 0.3 is 0 Å². The maximum atomic E-state index is 11.2. The first-order valence-corrected chi connectivity index (χ1v) is 6.05. The summed E-state index contributed by atoms with van der Waals surface area (Å²) in [7, 11) is 0. The van der Waals surface area contributed by atoms with E-state index >= 15 is 0 Å². The van der Waals surface area contributed by atoms with Crippen LogP contribution < -0.4 is 16.8 Å². The van der Waals surface area contributed by atoms with E-state index in [1.54, 1.807) is 31.2 Å². The van der Waals surface area contributed by atoms with Gasteiger partial charge in [0.05, 0.1) is 0 Å². The second-order valence-electron chi connectivity index (χ2n) is 4.49. The van der Waals surface area contributed by atoms with Crippen LogP contribution in [0.5, 0.6) is 5.75 Å². The highest BCUT2D eigenvalue weighted by Gasteiger charge is 2.06. The quantitative estimate of drug-likeness (QED) is 0.496. The number of pyridine rings is 1. The van der Waals surface area contributed by atoms with Gasteiger partial charge in [-0.1, -0.05) is 0 Å². The number of nitrogens with zero attached hydrogens (tertiary/aromatic N) is 1. The van der Waals surface area contributed by atoms with Gasteiger partial charge in [-0.15, -0.1) is 0 Å². The lowest BCUT2D eigenvalue weighted by Crippen LogP contribution is -2.12. The maximum absolute atomic E-state index is 11.2. The number of amides is 1. The average molecular weight is 272 g/mol. The molecule has 0 spiro atoms. The third-order valence-corrected chi connectivity index (χ3v) is 2.80. The zero-order valence-electron chi connectivity index (χ0n) is 11.1. The van der Waals surface area contributed by atoms with Crippen molar-refractivity contribution in [3.63, 3.8) is 0 Å². The van der Waals surface area contributed by atoms with Gasteiger partial charge in [0, 0.05) is 29.1 Å². The fourth-order valence-electron chi connectivity index (χ4n) is 1.83. The molecule has 0 saturated heterocycles. The summed E-state index contributed by atoms with van der Waals surface area (Å²) in [6.45, 7) is 2.11. The molecule has 0 aliphatic heterocycles. The van der Waals surface area contributed by atoms with E-state index in [9.17, 15) is 9.90 Å². The van der Waals surface area contributed by atoms with E-state index in [0.29, 0.717) is 34.9 Å². The molecule has 20 heavy (non-hydrogen) atoms. The minimum absolute atomic E-state index is 0.148. The predicted octanol–water partition coefficient (Wildman–Crippen LogP) is 1.39. The summed E-state index contributed by atoms with van der Waals surface area (Å²) in [5.41, 5.74) is 13.2. The number of hydrogen-bond acceptors (Lipinski definition) is 5. The summed E-state index contributed by atoms with van der Waals surface area (Å²) >= 11 is 0. The molecule has 6 N–H and O–H groups in total. The number of aromatic hydroxyl groups is 1. The predicted molar refractivity (Wildman–Crippen MR) is 77.3 cm³/mol. The van der Waals surface area contributed by atoms with Crippen LogP contribution in [-0.4, -0.2) is 16.0 Å². The number of nitrogens with two attached hydrogens (primary N) is 2. The summed E-state index contributed by atoms with van der Waals surface area (Å²) < 4.78 is 0. The maximum Gasteiger partial charge on any atom is 0.248 e. The normalized spacial score (nSPS) is 10.2.